The van der Waals surface area contributed by atoms with Crippen LogP contribution in [0.4, 0.5) is 0 Å². The molecule has 0 spiro atoms. The van der Waals surface area contributed by atoms with Crippen molar-refractivity contribution >= 4 is 8.58 Å². The fraction of sp³-hybridized carbons (Fsp3) is 1.00. The lowest BCUT2D eigenvalue weighted by molar-refractivity contribution is 0.241. The summed E-state index contributed by atoms with van der Waals surface area (Å²) >= 11 is 0. The Hall–Kier alpha value is 0.430. The molecule has 1 heteroatoms. The Morgan fingerprint density at radius 3 is 2.20 bits per heavy atom. The van der Waals surface area contributed by atoms with Crippen LogP contribution >= 0.6 is 8.58 Å². The molecule has 1 rings (SSSR count). The first kappa shape index (κ1) is 13.5. The van der Waals surface area contributed by atoms with Gasteiger partial charge in [-0.05, 0) is 41.4 Å². The molecule has 0 radical (unpaired) electrons. The summed E-state index contributed by atoms with van der Waals surface area (Å²) < 4.78 is 0. The highest BCUT2D eigenvalue weighted by atomic mass is 31.1. The fourth-order valence-electron chi connectivity index (χ4n) is 2.92. The largest absolute Gasteiger partial charge is 0.113 e. The van der Waals surface area contributed by atoms with E-state index in [1.165, 1.54) is 19.3 Å². The van der Waals surface area contributed by atoms with Gasteiger partial charge >= 0.3 is 0 Å². The van der Waals surface area contributed by atoms with Crippen molar-refractivity contribution in [2.24, 2.45) is 17.8 Å². The van der Waals surface area contributed by atoms with Gasteiger partial charge in [0, 0.05) is 0 Å². The number of hydrogen-bond acceptors (Lipinski definition) is 0. The second-order valence-electron chi connectivity index (χ2n) is 6.83. The summed E-state index contributed by atoms with van der Waals surface area (Å²) in [6.07, 6.45) is 4.43. The molecule has 4 atom stereocenters. The SMILES string of the molecule is CC(C)[C@@H]1CC[C@@H](C)C[C@H]1PC(C)(C)C. The maximum absolute atomic E-state index is 2.44. The van der Waals surface area contributed by atoms with E-state index in [0.717, 1.165) is 32.0 Å². The van der Waals surface area contributed by atoms with E-state index in [1.807, 2.05) is 0 Å². The quantitative estimate of drug-likeness (QED) is 0.588. The van der Waals surface area contributed by atoms with Crippen molar-refractivity contribution in [3.8, 4) is 0 Å². The smallest absolute Gasteiger partial charge is 0.0199 e. The minimum atomic E-state index is 0.537. The Labute approximate surface area is 98.4 Å². The Morgan fingerprint density at radius 2 is 1.73 bits per heavy atom. The molecule has 0 aromatic rings. The Kier molecular flexibility index (Phi) is 4.65. The average Bonchev–Trinajstić information content (AvgIpc) is 1.99. The normalized spacial score (nSPS) is 34.2. The van der Waals surface area contributed by atoms with Crippen LogP contribution in [0.1, 0.15) is 60.8 Å². The lowest BCUT2D eigenvalue weighted by Gasteiger charge is -2.40. The van der Waals surface area contributed by atoms with Crippen LogP contribution in [-0.4, -0.2) is 10.8 Å². The zero-order valence-corrected chi connectivity index (χ0v) is 12.4. The van der Waals surface area contributed by atoms with Gasteiger partial charge in [0.25, 0.3) is 0 Å². The molecule has 0 nitrogen and oxygen atoms in total. The van der Waals surface area contributed by atoms with Crippen LogP contribution in [0.25, 0.3) is 0 Å². The second kappa shape index (κ2) is 5.17. The molecule has 0 heterocycles. The van der Waals surface area contributed by atoms with Crippen LogP contribution in [-0.2, 0) is 0 Å². The Balaban J connectivity index is 2.62. The van der Waals surface area contributed by atoms with E-state index in [1.54, 1.807) is 0 Å². The number of hydrogen-bond donors (Lipinski definition) is 0. The van der Waals surface area contributed by atoms with E-state index < -0.39 is 0 Å². The van der Waals surface area contributed by atoms with Crippen molar-refractivity contribution in [3.05, 3.63) is 0 Å². The van der Waals surface area contributed by atoms with Crippen LogP contribution in [0, 0.1) is 17.8 Å². The van der Waals surface area contributed by atoms with Crippen molar-refractivity contribution in [1.82, 2.24) is 0 Å². The molecule has 0 bridgehead atoms. The molecule has 1 aliphatic rings. The van der Waals surface area contributed by atoms with E-state index in [0.29, 0.717) is 5.16 Å². The van der Waals surface area contributed by atoms with Gasteiger partial charge in [0.05, 0.1) is 0 Å². The molecule has 1 unspecified atom stereocenters. The molecule has 0 aromatic heterocycles. The molecule has 0 N–H and O–H groups in total. The minimum Gasteiger partial charge on any atom is -0.113 e. The predicted octanol–water partition coefficient (Wildman–Crippen LogP) is 4.92. The van der Waals surface area contributed by atoms with Gasteiger partial charge in [-0.15, -0.1) is 8.58 Å². The number of rotatable bonds is 2. The second-order valence-corrected chi connectivity index (χ2v) is 9.36. The molecule has 0 saturated heterocycles. The molecule has 15 heavy (non-hydrogen) atoms. The zero-order valence-electron chi connectivity index (χ0n) is 11.4. The summed E-state index contributed by atoms with van der Waals surface area (Å²) in [4.78, 5) is 0. The standard InChI is InChI=1S/C14H29P/c1-10(2)12-8-7-11(3)9-13(12)15-14(4,5)6/h10-13,15H,7-9H2,1-6H3/t11-,12+,13-/m1/s1. The van der Waals surface area contributed by atoms with Gasteiger partial charge in [0.1, 0.15) is 0 Å². The van der Waals surface area contributed by atoms with E-state index in [-0.39, 0.29) is 0 Å². The van der Waals surface area contributed by atoms with Gasteiger partial charge in [0.2, 0.25) is 0 Å². The van der Waals surface area contributed by atoms with Crippen LogP contribution in [0.3, 0.4) is 0 Å². The van der Waals surface area contributed by atoms with Crippen LogP contribution in [0.2, 0.25) is 0 Å². The molecular weight excluding hydrogens is 199 g/mol. The maximum Gasteiger partial charge on any atom is -0.0199 e. The van der Waals surface area contributed by atoms with Crippen LogP contribution in [0.5, 0.6) is 0 Å². The first-order valence-corrected chi connectivity index (χ1v) is 7.65. The molecule has 90 valence electrons. The molecule has 1 saturated carbocycles. The Bertz CT molecular complexity index is 190. The predicted molar refractivity (Wildman–Crippen MR) is 73.2 cm³/mol. The summed E-state index contributed by atoms with van der Waals surface area (Å²) in [6.45, 7) is 14.5. The summed E-state index contributed by atoms with van der Waals surface area (Å²) in [5.74, 6) is 2.86. The lowest BCUT2D eigenvalue weighted by atomic mass is 9.77. The molecular formula is C14H29P. The van der Waals surface area contributed by atoms with Gasteiger partial charge in [-0.2, -0.15) is 0 Å². The van der Waals surface area contributed by atoms with Crippen LogP contribution in [0.15, 0.2) is 0 Å². The highest BCUT2D eigenvalue weighted by molar-refractivity contribution is 7.40. The third-order valence-electron chi connectivity index (χ3n) is 3.64. The van der Waals surface area contributed by atoms with Crippen LogP contribution < -0.4 is 0 Å². The van der Waals surface area contributed by atoms with Crippen molar-refractivity contribution in [1.29, 1.82) is 0 Å². The maximum atomic E-state index is 2.44. The monoisotopic (exact) mass is 228 g/mol. The average molecular weight is 228 g/mol. The van der Waals surface area contributed by atoms with Crippen molar-refractivity contribution in [3.63, 3.8) is 0 Å². The topological polar surface area (TPSA) is 0 Å². The van der Waals surface area contributed by atoms with Gasteiger partial charge in [-0.25, -0.2) is 0 Å². The summed E-state index contributed by atoms with van der Waals surface area (Å²) in [7, 11) is 1.15. The van der Waals surface area contributed by atoms with Gasteiger partial charge in [0.15, 0.2) is 0 Å². The summed E-state index contributed by atoms with van der Waals surface area (Å²) in [6, 6.07) is 0. The third-order valence-corrected chi connectivity index (χ3v) is 5.54. The zero-order chi connectivity index (χ0) is 11.6. The summed E-state index contributed by atoms with van der Waals surface area (Å²) in [5, 5.41) is 0.537. The van der Waals surface area contributed by atoms with Gasteiger partial charge in [-0.1, -0.05) is 48.0 Å². The summed E-state index contributed by atoms with van der Waals surface area (Å²) in [5.41, 5.74) is 1.01. The lowest BCUT2D eigenvalue weighted by Crippen LogP contribution is -2.31. The van der Waals surface area contributed by atoms with Crippen molar-refractivity contribution < 1.29 is 0 Å². The molecule has 0 amide bonds. The van der Waals surface area contributed by atoms with Gasteiger partial charge in [-0.3, -0.25) is 0 Å². The Morgan fingerprint density at radius 1 is 1.13 bits per heavy atom. The first-order chi connectivity index (χ1) is 6.79. The molecule has 0 aliphatic heterocycles. The molecule has 0 aromatic carbocycles. The third kappa shape index (κ3) is 4.43. The van der Waals surface area contributed by atoms with E-state index in [2.05, 4.69) is 41.5 Å². The van der Waals surface area contributed by atoms with Crippen molar-refractivity contribution in [2.45, 2.75) is 71.6 Å². The molecule has 1 aliphatic carbocycles. The molecule has 1 fully saturated rings. The van der Waals surface area contributed by atoms with Crippen molar-refractivity contribution in [2.75, 3.05) is 0 Å². The van der Waals surface area contributed by atoms with E-state index in [9.17, 15) is 0 Å². The highest BCUT2D eigenvalue weighted by Gasteiger charge is 2.32. The van der Waals surface area contributed by atoms with Gasteiger partial charge < -0.3 is 0 Å². The first-order valence-electron chi connectivity index (χ1n) is 6.57. The highest BCUT2D eigenvalue weighted by Crippen LogP contribution is 2.48. The fourth-order valence-corrected chi connectivity index (χ4v) is 5.32. The van der Waals surface area contributed by atoms with E-state index >= 15 is 0 Å². The minimum absolute atomic E-state index is 0.537. The van der Waals surface area contributed by atoms with E-state index in [4.69, 9.17) is 0 Å².